The smallest absolute Gasteiger partial charge is 0.166 e. The number of hydrogen-bond donors (Lipinski definition) is 0. The average Bonchev–Trinajstić information content (AvgIpc) is 2.82. The Bertz CT molecular complexity index is 643. The number of benzene rings is 1. The largest absolute Gasteiger partial charge is 0.221 e. The van der Waals surface area contributed by atoms with Gasteiger partial charge in [0.1, 0.15) is 12.2 Å². The Labute approximate surface area is 99.0 Å². The molecule has 84 valence electrons. The predicted octanol–water partition coefficient (Wildman–Crippen LogP) is 2.35. The second-order valence-electron chi connectivity index (χ2n) is 3.82. The lowest BCUT2D eigenvalue weighted by molar-refractivity contribution is 0.840. The molecule has 0 aliphatic rings. The first kappa shape index (κ1) is 9.96. The molecule has 17 heavy (non-hydrogen) atoms. The number of rotatable bonds is 2. The number of fused-ring (bicyclic) bond motifs is 1. The Morgan fingerprint density at radius 1 is 1.18 bits per heavy atom. The van der Waals surface area contributed by atoms with Gasteiger partial charge in [-0.3, -0.25) is 0 Å². The highest BCUT2D eigenvalue weighted by Gasteiger charge is 2.08. The van der Waals surface area contributed by atoms with E-state index in [1.165, 1.54) is 0 Å². The van der Waals surface area contributed by atoms with E-state index in [1.54, 1.807) is 10.8 Å². The summed E-state index contributed by atoms with van der Waals surface area (Å²) in [7, 11) is 0. The maximum Gasteiger partial charge on any atom is 0.166 e. The summed E-state index contributed by atoms with van der Waals surface area (Å²) in [6.45, 7) is 2.05. The standard InChI is InChI=1S/C13H12N4/c1-2-12-14-9-17-13(16-12)11(8-15-17)10-6-4-3-5-7-10/h3-9H,2H2,1H3. The first-order valence-corrected chi connectivity index (χ1v) is 5.63. The molecule has 0 saturated carbocycles. The topological polar surface area (TPSA) is 43.1 Å². The summed E-state index contributed by atoms with van der Waals surface area (Å²) in [6.07, 6.45) is 4.38. The van der Waals surface area contributed by atoms with Gasteiger partial charge in [-0.1, -0.05) is 37.3 Å². The molecule has 0 unspecified atom stereocenters. The summed E-state index contributed by atoms with van der Waals surface area (Å²) in [5, 5.41) is 4.26. The van der Waals surface area contributed by atoms with E-state index < -0.39 is 0 Å². The Balaban J connectivity index is 2.23. The number of hydrogen-bond acceptors (Lipinski definition) is 3. The zero-order chi connectivity index (χ0) is 11.7. The molecule has 4 heteroatoms. The highest BCUT2D eigenvalue weighted by atomic mass is 15.3. The van der Waals surface area contributed by atoms with Gasteiger partial charge in [0.15, 0.2) is 5.65 Å². The van der Waals surface area contributed by atoms with Crippen molar-refractivity contribution >= 4 is 5.65 Å². The Kier molecular flexibility index (Phi) is 2.33. The van der Waals surface area contributed by atoms with Crippen LogP contribution < -0.4 is 0 Å². The van der Waals surface area contributed by atoms with Gasteiger partial charge in [0.05, 0.1) is 6.20 Å². The zero-order valence-corrected chi connectivity index (χ0v) is 9.54. The second-order valence-corrected chi connectivity index (χ2v) is 3.82. The van der Waals surface area contributed by atoms with E-state index in [9.17, 15) is 0 Å². The van der Waals surface area contributed by atoms with Gasteiger partial charge in [-0.15, -0.1) is 0 Å². The van der Waals surface area contributed by atoms with E-state index in [0.717, 1.165) is 29.0 Å². The van der Waals surface area contributed by atoms with Gasteiger partial charge in [-0.25, -0.2) is 14.5 Å². The monoisotopic (exact) mass is 224 g/mol. The van der Waals surface area contributed by atoms with Gasteiger partial charge in [-0.05, 0) is 5.56 Å². The van der Waals surface area contributed by atoms with Crippen LogP contribution in [-0.2, 0) is 6.42 Å². The van der Waals surface area contributed by atoms with Crippen molar-refractivity contribution in [3.8, 4) is 11.1 Å². The third kappa shape index (κ3) is 1.67. The van der Waals surface area contributed by atoms with Crippen LogP contribution in [0.3, 0.4) is 0 Å². The van der Waals surface area contributed by atoms with Crippen molar-refractivity contribution in [3.63, 3.8) is 0 Å². The van der Waals surface area contributed by atoms with Crippen molar-refractivity contribution in [2.24, 2.45) is 0 Å². The molecular formula is C13H12N4. The summed E-state index contributed by atoms with van der Waals surface area (Å²) >= 11 is 0. The quantitative estimate of drug-likeness (QED) is 0.671. The molecule has 0 radical (unpaired) electrons. The van der Waals surface area contributed by atoms with E-state index in [0.29, 0.717) is 0 Å². The minimum atomic E-state index is 0.829. The van der Waals surface area contributed by atoms with Crippen molar-refractivity contribution in [1.29, 1.82) is 0 Å². The van der Waals surface area contributed by atoms with Gasteiger partial charge >= 0.3 is 0 Å². The number of aryl methyl sites for hydroxylation is 1. The molecule has 2 aromatic heterocycles. The first-order chi connectivity index (χ1) is 8.38. The summed E-state index contributed by atoms with van der Waals surface area (Å²) in [4.78, 5) is 8.74. The predicted molar refractivity (Wildman–Crippen MR) is 65.6 cm³/mol. The number of aromatic nitrogens is 4. The lowest BCUT2D eigenvalue weighted by Crippen LogP contribution is -1.98. The van der Waals surface area contributed by atoms with Gasteiger partial charge < -0.3 is 0 Å². The lowest BCUT2D eigenvalue weighted by atomic mass is 10.1. The van der Waals surface area contributed by atoms with Crippen LogP contribution in [0.5, 0.6) is 0 Å². The maximum atomic E-state index is 4.52. The van der Waals surface area contributed by atoms with Crippen molar-refractivity contribution in [2.75, 3.05) is 0 Å². The summed E-state index contributed by atoms with van der Waals surface area (Å²) in [5.41, 5.74) is 3.04. The molecule has 3 aromatic rings. The van der Waals surface area contributed by atoms with Crippen LogP contribution in [0.4, 0.5) is 0 Å². The molecule has 0 fully saturated rings. The molecular weight excluding hydrogens is 212 g/mol. The van der Waals surface area contributed by atoms with Crippen molar-refractivity contribution in [2.45, 2.75) is 13.3 Å². The van der Waals surface area contributed by atoms with Crippen LogP contribution in [-0.4, -0.2) is 19.6 Å². The fourth-order valence-corrected chi connectivity index (χ4v) is 1.82. The van der Waals surface area contributed by atoms with E-state index in [1.807, 2.05) is 31.3 Å². The average molecular weight is 224 g/mol. The molecule has 0 bridgehead atoms. The summed E-state index contributed by atoms with van der Waals surface area (Å²) in [5.74, 6) is 0.843. The van der Waals surface area contributed by atoms with E-state index in [2.05, 4.69) is 27.2 Å². The fraction of sp³-hybridized carbons (Fsp3) is 0.154. The molecule has 4 nitrogen and oxygen atoms in total. The van der Waals surface area contributed by atoms with E-state index >= 15 is 0 Å². The molecule has 0 spiro atoms. The van der Waals surface area contributed by atoms with Crippen LogP contribution in [0.1, 0.15) is 12.7 Å². The van der Waals surface area contributed by atoms with Gasteiger partial charge in [0, 0.05) is 12.0 Å². The van der Waals surface area contributed by atoms with Crippen molar-refractivity contribution in [1.82, 2.24) is 19.6 Å². The molecule has 3 rings (SSSR count). The molecule has 0 aliphatic carbocycles. The molecule has 0 N–H and O–H groups in total. The van der Waals surface area contributed by atoms with Gasteiger partial charge in [0.2, 0.25) is 0 Å². The maximum absolute atomic E-state index is 4.52. The minimum absolute atomic E-state index is 0.829. The summed E-state index contributed by atoms with van der Waals surface area (Å²) < 4.78 is 1.71. The Hall–Kier alpha value is -2.23. The van der Waals surface area contributed by atoms with Gasteiger partial charge in [0.25, 0.3) is 0 Å². The van der Waals surface area contributed by atoms with Crippen LogP contribution in [0.25, 0.3) is 16.8 Å². The van der Waals surface area contributed by atoms with Crippen LogP contribution in [0, 0.1) is 0 Å². The highest BCUT2D eigenvalue weighted by molar-refractivity contribution is 5.76. The molecule has 0 saturated heterocycles. The van der Waals surface area contributed by atoms with Crippen LogP contribution >= 0.6 is 0 Å². The normalized spacial score (nSPS) is 10.9. The van der Waals surface area contributed by atoms with E-state index in [4.69, 9.17) is 0 Å². The van der Waals surface area contributed by atoms with Crippen molar-refractivity contribution in [3.05, 3.63) is 48.7 Å². The summed E-state index contributed by atoms with van der Waals surface area (Å²) in [6, 6.07) is 10.2. The fourth-order valence-electron chi connectivity index (χ4n) is 1.82. The van der Waals surface area contributed by atoms with Crippen LogP contribution in [0.2, 0.25) is 0 Å². The Morgan fingerprint density at radius 3 is 2.76 bits per heavy atom. The molecule has 0 amide bonds. The number of nitrogens with zero attached hydrogens (tertiary/aromatic N) is 4. The molecule has 2 heterocycles. The minimum Gasteiger partial charge on any atom is -0.221 e. The SMILES string of the molecule is CCc1ncn2ncc(-c3ccccc3)c2n1. The van der Waals surface area contributed by atoms with Gasteiger partial charge in [-0.2, -0.15) is 5.10 Å². The highest BCUT2D eigenvalue weighted by Crippen LogP contribution is 2.22. The molecule has 0 aliphatic heterocycles. The Morgan fingerprint density at radius 2 is 2.00 bits per heavy atom. The van der Waals surface area contributed by atoms with Crippen molar-refractivity contribution < 1.29 is 0 Å². The first-order valence-electron chi connectivity index (χ1n) is 5.63. The third-order valence-corrected chi connectivity index (χ3v) is 2.72. The second kappa shape index (κ2) is 3.97. The zero-order valence-electron chi connectivity index (χ0n) is 9.54. The molecule has 1 aromatic carbocycles. The van der Waals surface area contributed by atoms with Crippen LogP contribution in [0.15, 0.2) is 42.9 Å². The van der Waals surface area contributed by atoms with E-state index in [-0.39, 0.29) is 0 Å². The molecule has 0 atom stereocenters. The third-order valence-electron chi connectivity index (χ3n) is 2.72. The lowest BCUT2D eigenvalue weighted by Gasteiger charge is -1.99.